The lowest BCUT2D eigenvalue weighted by molar-refractivity contribution is -0.870. The standard InChI is InChI=1S/C5H14NO.C4H6O4/c1-6(2,3)4-5-7;5-3(6)1-2-4(7)8/h7H,4-5H2,1-3H3;1-2H2,(H,5,6)(H,7,8)/q+1;. The molecule has 0 unspecified atom stereocenters. The summed E-state index contributed by atoms with van der Waals surface area (Å²) < 4.78 is 0.844. The van der Waals surface area contributed by atoms with E-state index in [-0.39, 0.29) is 19.4 Å². The summed E-state index contributed by atoms with van der Waals surface area (Å²) in [7, 11) is 6.16. The van der Waals surface area contributed by atoms with Crippen LogP contribution < -0.4 is 0 Å². The first kappa shape index (κ1) is 16.3. The number of aliphatic hydroxyl groups excluding tert-OH is 1. The Morgan fingerprint density at radius 3 is 1.40 bits per heavy atom. The van der Waals surface area contributed by atoms with Gasteiger partial charge >= 0.3 is 11.9 Å². The number of likely N-dealkylation sites (N-methyl/N-ethyl adjacent to an activating group) is 1. The van der Waals surface area contributed by atoms with Gasteiger partial charge in [-0.1, -0.05) is 0 Å². The number of rotatable bonds is 5. The average molecular weight is 222 g/mol. The summed E-state index contributed by atoms with van der Waals surface area (Å²) in [4.78, 5) is 19.3. The van der Waals surface area contributed by atoms with Gasteiger partial charge in [0.05, 0.1) is 40.6 Å². The van der Waals surface area contributed by atoms with Crippen LogP contribution in [0, 0.1) is 0 Å². The quantitative estimate of drug-likeness (QED) is 0.551. The maximum Gasteiger partial charge on any atom is 0.303 e. The molecule has 0 atom stereocenters. The first-order valence-electron chi connectivity index (χ1n) is 4.54. The molecule has 6 nitrogen and oxygen atoms in total. The highest BCUT2D eigenvalue weighted by Crippen LogP contribution is 1.86. The molecular formula is C9H20NO5+. The van der Waals surface area contributed by atoms with Gasteiger partial charge in [0.1, 0.15) is 6.54 Å². The zero-order valence-corrected chi connectivity index (χ0v) is 9.43. The van der Waals surface area contributed by atoms with Crippen molar-refractivity contribution >= 4 is 11.9 Å². The van der Waals surface area contributed by atoms with E-state index >= 15 is 0 Å². The molecular weight excluding hydrogens is 202 g/mol. The molecule has 0 amide bonds. The molecule has 3 N–H and O–H groups in total. The molecule has 0 aromatic heterocycles. The van der Waals surface area contributed by atoms with Crippen LogP contribution in [-0.2, 0) is 9.59 Å². The van der Waals surface area contributed by atoms with Crippen LogP contribution in [0.1, 0.15) is 12.8 Å². The van der Waals surface area contributed by atoms with E-state index in [9.17, 15) is 9.59 Å². The predicted molar refractivity (Wildman–Crippen MR) is 54.5 cm³/mol. The van der Waals surface area contributed by atoms with Crippen molar-refractivity contribution in [1.29, 1.82) is 0 Å². The van der Waals surface area contributed by atoms with Crippen molar-refractivity contribution in [1.82, 2.24) is 0 Å². The zero-order chi connectivity index (χ0) is 12.5. The van der Waals surface area contributed by atoms with Crippen LogP contribution in [0.25, 0.3) is 0 Å². The van der Waals surface area contributed by atoms with E-state index in [0.717, 1.165) is 11.0 Å². The highest BCUT2D eigenvalue weighted by molar-refractivity contribution is 5.75. The minimum absolute atomic E-state index is 0.281. The number of carboxylic acid groups (broad SMARTS) is 2. The van der Waals surface area contributed by atoms with Crippen LogP contribution in [0.2, 0.25) is 0 Å². The van der Waals surface area contributed by atoms with Crippen molar-refractivity contribution < 1.29 is 29.4 Å². The molecule has 0 radical (unpaired) electrons. The SMILES string of the molecule is C[N+](C)(C)CCO.O=C(O)CCC(=O)O. The fraction of sp³-hybridized carbons (Fsp3) is 0.778. The van der Waals surface area contributed by atoms with Crippen LogP contribution >= 0.6 is 0 Å². The van der Waals surface area contributed by atoms with E-state index in [1.165, 1.54) is 0 Å². The summed E-state index contributed by atoms with van der Waals surface area (Å²) in [6, 6.07) is 0. The molecule has 90 valence electrons. The van der Waals surface area contributed by atoms with Crippen molar-refractivity contribution in [3.8, 4) is 0 Å². The molecule has 0 aromatic rings. The number of hydrogen-bond acceptors (Lipinski definition) is 3. The minimum Gasteiger partial charge on any atom is -0.481 e. The van der Waals surface area contributed by atoms with Crippen LogP contribution in [-0.4, -0.2) is 66.0 Å². The first-order chi connectivity index (χ1) is 6.69. The fourth-order valence-electron chi connectivity index (χ4n) is 0.514. The summed E-state index contributed by atoms with van der Waals surface area (Å²) in [5, 5.41) is 24.2. The van der Waals surface area contributed by atoms with Gasteiger partial charge in [-0.25, -0.2) is 0 Å². The molecule has 0 rings (SSSR count). The van der Waals surface area contributed by atoms with Crippen molar-refractivity contribution in [3.05, 3.63) is 0 Å². The number of carbonyl (C=O) groups is 2. The molecule has 0 heterocycles. The third-order valence-electron chi connectivity index (χ3n) is 1.32. The van der Waals surface area contributed by atoms with Crippen LogP contribution in [0.4, 0.5) is 0 Å². The van der Waals surface area contributed by atoms with Gasteiger partial charge in [-0.2, -0.15) is 0 Å². The summed E-state index contributed by atoms with van der Waals surface area (Å²) in [5.74, 6) is -2.15. The van der Waals surface area contributed by atoms with E-state index < -0.39 is 11.9 Å². The lowest BCUT2D eigenvalue weighted by atomic mass is 10.3. The highest BCUT2D eigenvalue weighted by atomic mass is 16.4. The third-order valence-corrected chi connectivity index (χ3v) is 1.32. The second-order valence-electron chi connectivity index (χ2n) is 4.03. The number of aliphatic hydroxyl groups is 1. The Labute approximate surface area is 89.3 Å². The predicted octanol–water partition coefficient (Wildman–Crippen LogP) is -0.379. The van der Waals surface area contributed by atoms with Crippen molar-refractivity contribution in [3.63, 3.8) is 0 Å². The Morgan fingerprint density at radius 2 is 1.33 bits per heavy atom. The topological polar surface area (TPSA) is 94.8 Å². The van der Waals surface area contributed by atoms with Crippen LogP contribution in [0.5, 0.6) is 0 Å². The van der Waals surface area contributed by atoms with Gasteiger partial charge in [-0.05, 0) is 0 Å². The third kappa shape index (κ3) is 24.6. The molecule has 0 spiro atoms. The molecule has 0 fully saturated rings. The van der Waals surface area contributed by atoms with E-state index in [0.29, 0.717) is 0 Å². The van der Waals surface area contributed by atoms with Gasteiger partial charge in [0.25, 0.3) is 0 Å². The van der Waals surface area contributed by atoms with E-state index in [1.807, 2.05) is 0 Å². The second kappa shape index (κ2) is 8.19. The van der Waals surface area contributed by atoms with Crippen molar-refractivity contribution in [2.45, 2.75) is 12.8 Å². The largest absolute Gasteiger partial charge is 0.481 e. The average Bonchev–Trinajstić information content (AvgIpc) is 1.99. The maximum absolute atomic E-state index is 9.64. The Balaban J connectivity index is 0. The zero-order valence-electron chi connectivity index (χ0n) is 9.43. The van der Waals surface area contributed by atoms with E-state index in [4.69, 9.17) is 15.3 Å². The normalized spacial score (nSPS) is 10.1. The Morgan fingerprint density at radius 1 is 1.00 bits per heavy atom. The monoisotopic (exact) mass is 222 g/mol. The number of quaternary nitrogens is 1. The Hall–Kier alpha value is -1.14. The van der Waals surface area contributed by atoms with Crippen molar-refractivity contribution in [2.75, 3.05) is 34.3 Å². The maximum atomic E-state index is 9.64. The number of hydrogen-bond donors (Lipinski definition) is 3. The van der Waals surface area contributed by atoms with Gasteiger partial charge in [-0.3, -0.25) is 9.59 Å². The molecule has 0 aromatic carbocycles. The molecule has 0 bridgehead atoms. The molecule has 0 aliphatic carbocycles. The number of carboxylic acids is 2. The molecule has 0 saturated carbocycles. The van der Waals surface area contributed by atoms with Gasteiger partial charge in [-0.15, -0.1) is 0 Å². The Bertz CT molecular complexity index is 183. The lowest BCUT2D eigenvalue weighted by Crippen LogP contribution is -2.36. The van der Waals surface area contributed by atoms with E-state index in [1.54, 1.807) is 0 Å². The molecule has 15 heavy (non-hydrogen) atoms. The molecule has 0 aliphatic rings. The second-order valence-corrected chi connectivity index (χ2v) is 4.03. The first-order valence-corrected chi connectivity index (χ1v) is 4.54. The van der Waals surface area contributed by atoms with Crippen LogP contribution in [0.15, 0.2) is 0 Å². The summed E-state index contributed by atoms with van der Waals surface area (Å²) in [6.45, 7) is 1.11. The summed E-state index contributed by atoms with van der Waals surface area (Å²) in [5.41, 5.74) is 0. The number of aliphatic carboxylic acids is 2. The van der Waals surface area contributed by atoms with Crippen molar-refractivity contribution in [2.24, 2.45) is 0 Å². The smallest absolute Gasteiger partial charge is 0.303 e. The molecule has 0 aliphatic heterocycles. The molecule has 6 heteroatoms. The van der Waals surface area contributed by atoms with Crippen LogP contribution in [0.3, 0.4) is 0 Å². The Kier molecular flexibility index (Phi) is 8.90. The lowest BCUT2D eigenvalue weighted by Gasteiger charge is -2.21. The van der Waals surface area contributed by atoms with Gasteiger partial charge in [0, 0.05) is 0 Å². The summed E-state index contributed by atoms with van der Waals surface area (Å²) >= 11 is 0. The number of nitrogens with zero attached hydrogens (tertiary/aromatic N) is 1. The van der Waals surface area contributed by atoms with E-state index in [2.05, 4.69) is 21.1 Å². The highest BCUT2D eigenvalue weighted by Gasteiger charge is 2.02. The van der Waals surface area contributed by atoms with Gasteiger partial charge in [0.15, 0.2) is 0 Å². The molecule has 0 saturated heterocycles. The van der Waals surface area contributed by atoms with Gasteiger partial charge in [0.2, 0.25) is 0 Å². The minimum atomic E-state index is -1.08. The van der Waals surface area contributed by atoms with Gasteiger partial charge < -0.3 is 19.8 Å². The summed E-state index contributed by atoms with van der Waals surface area (Å²) in [6.07, 6.45) is -0.593. The fourth-order valence-corrected chi connectivity index (χ4v) is 0.514.